The highest BCUT2D eigenvalue weighted by Crippen LogP contribution is 2.34. The molecule has 0 spiro atoms. The Morgan fingerprint density at radius 3 is 2.62 bits per heavy atom. The normalized spacial score (nSPS) is 13.7. The summed E-state index contributed by atoms with van der Waals surface area (Å²) in [7, 11) is 1.62. The van der Waals surface area contributed by atoms with E-state index in [1.807, 2.05) is 50.4 Å². The van der Waals surface area contributed by atoms with Gasteiger partial charge in [0.2, 0.25) is 0 Å². The van der Waals surface area contributed by atoms with Crippen molar-refractivity contribution in [2.75, 3.05) is 17.4 Å². The van der Waals surface area contributed by atoms with E-state index in [-0.39, 0.29) is 0 Å². The Labute approximate surface area is 156 Å². The number of anilines is 2. The Hall–Kier alpha value is -2.74. The van der Waals surface area contributed by atoms with Gasteiger partial charge in [-0.2, -0.15) is 5.10 Å². The number of rotatable bonds is 3. The fourth-order valence-corrected chi connectivity index (χ4v) is 3.49. The number of hydrogen-bond donors (Lipinski definition) is 2. The molecule has 0 saturated carbocycles. The summed E-state index contributed by atoms with van der Waals surface area (Å²) in [6.07, 6.45) is -0.487. The molecule has 1 aliphatic rings. The lowest BCUT2D eigenvalue weighted by Crippen LogP contribution is -2.31. The molecule has 1 aromatic carbocycles. The molecule has 3 N–H and O–H groups in total. The predicted octanol–water partition coefficient (Wildman–Crippen LogP) is 3.74. The second kappa shape index (κ2) is 6.87. The van der Waals surface area contributed by atoms with Crippen LogP contribution >= 0.6 is 11.3 Å². The van der Waals surface area contributed by atoms with Crippen LogP contribution in [0, 0.1) is 0 Å². The van der Waals surface area contributed by atoms with Gasteiger partial charge in [0, 0.05) is 16.5 Å². The molecule has 0 aliphatic carbocycles. The van der Waals surface area contributed by atoms with Crippen LogP contribution < -0.4 is 20.8 Å². The van der Waals surface area contributed by atoms with E-state index in [0.717, 1.165) is 22.6 Å². The second-order valence-electron chi connectivity index (χ2n) is 6.82. The molecule has 26 heavy (non-hydrogen) atoms. The number of methoxy groups -OCH3 is 1. The molecule has 2 heterocycles. The number of ether oxygens (including phenoxy) is 2. The summed E-state index contributed by atoms with van der Waals surface area (Å²) < 4.78 is 10.5. The minimum Gasteiger partial charge on any atom is -0.497 e. The van der Waals surface area contributed by atoms with E-state index < -0.39 is 11.7 Å². The van der Waals surface area contributed by atoms with E-state index in [1.165, 1.54) is 11.3 Å². The van der Waals surface area contributed by atoms with Gasteiger partial charge in [0.15, 0.2) is 5.84 Å². The Morgan fingerprint density at radius 2 is 2.00 bits per heavy atom. The highest BCUT2D eigenvalue weighted by atomic mass is 32.1. The van der Waals surface area contributed by atoms with Gasteiger partial charge < -0.3 is 15.2 Å². The van der Waals surface area contributed by atoms with Gasteiger partial charge in [0.05, 0.1) is 19.3 Å². The van der Waals surface area contributed by atoms with Crippen molar-refractivity contribution in [3.63, 3.8) is 0 Å². The molecule has 0 atom stereocenters. The van der Waals surface area contributed by atoms with Crippen LogP contribution in [-0.4, -0.2) is 24.6 Å². The molecular formula is C18H22N4O3S. The molecule has 3 rings (SSSR count). The van der Waals surface area contributed by atoms with Crippen LogP contribution in [0.1, 0.15) is 31.9 Å². The number of nitrogens with one attached hydrogen (secondary N) is 1. The SMILES string of the molecule is COc1ccc(N2Cc3c(csc3NC(=O)OC(C)(C)C)C(N)=N2)cc1. The number of amidine groups is 1. The second-order valence-corrected chi connectivity index (χ2v) is 7.70. The van der Waals surface area contributed by atoms with Crippen molar-refractivity contribution in [2.24, 2.45) is 10.8 Å². The molecule has 138 valence electrons. The van der Waals surface area contributed by atoms with Gasteiger partial charge in [-0.1, -0.05) is 0 Å². The monoisotopic (exact) mass is 374 g/mol. The third-order valence-corrected chi connectivity index (χ3v) is 4.63. The van der Waals surface area contributed by atoms with Gasteiger partial charge in [0.1, 0.15) is 16.4 Å². The number of fused-ring (bicyclic) bond motifs is 1. The van der Waals surface area contributed by atoms with Crippen molar-refractivity contribution in [2.45, 2.75) is 32.9 Å². The molecule has 7 nitrogen and oxygen atoms in total. The number of hydrogen-bond acceptors (Lipinski definition) is 7. The number of benzene rings is 1. The van der Waals surface area contributed by atoms with Crippen molar-refractivity contribution in [3.05, 3.63) is 40.8 Å². The third-order valence-electron chi connectivity index (χ3n) is 3.69. The number of carbonyl (C=O) groups is 1. The molecule has 1 aromatic heterocycles. The third kappa shape index (κ3) is 3.91. The molecule has 8 heteroatoms. The van der Waals surface area contributed by atoms with E-state index in [4.69, 9.17) is 15.2 Å². The van der Waals surface area contributed by atoms with Crippen molar-refractivity contribution in [3.8, 4) is 5.75 Å². The molecule has 1 amide bonds. The van der Waals surface area contributed by atoms with E-state index in [2.05, 4.69) is 10.4 Å². The Morgan fingerprint density at radius 1 is 1.31 bits per heavy atom. The molecule has 0 radical (unpaired) electrons. The number of amides is 1. The number of nitrogens with two attached hydrogens (primary N) is 1. The van der Waals surface area contributed by atoms with Gasteiger partial charge >= 0.3 is 6.09 Å². The summed E-state index contributed by atoms with van der Waals surface area (Å²) in [6, 6.07) is 7.55. The topological polar surface area (TPSA) is 89.2 Å². The van der Waals surface area contributed by atoms with Crippen LogP contribution in [0.3, 0.4) is 0 Å². The first-order chi connectivity index (χ1) is 12.3. The summed E-state index contributed by atoms with van der Waals surface area (Å²) in [5.41, 5.74) is 8.21. The van der Waals surface area contributed by atoms with Gasteiger partial charge in [0.25, 0.3) is 0 Å². The molecule has 0 bridgehead atoms. The summed E-state index contributed by atoms with van der Waals surface area (Å²) in [4.78, 5) is 12.1. The predicted molar refractivity (Wildman–Crippen MR) is 104 cm³/mol. The largest absolute Gasteiger partial charge is 0.497 e. The minimum atomic E-state index is -0.559. The molecule has 0 fully saturated rings. The average molecular weight is 374 g/mol. The lowest BCUT2D eigenvalue weighted by Gasteiger charge is -2.25. The maximum atomic E-state index is 12.1. The standard InChI is InChI=1S/C18H22N4O3S/c1-18(2,3)25-17(23)20-16-13-9-22(21-15(19)14(13)10-26-16)11-5-7-12(24-4)8-6-11/h5-8,10H,9H2,1-4H3,(H2,19,21)(H,20,23). The number of nitrogens with zero attached hydrogens (tertiary/aromatic N) is 2. The van der Waals surface area contributed by atoms with Crippen molar-refractivity contribution < 1.29 is 14.3 Å². The van der Waals surface area contributed by atoms with Crippen LogP contribution in [0.5, 0.6) is 5.75 Å². The fraction of sp³-hybridized carbons (Fsp3) is 0.333. The van der Waals surface area contributed by atoms with Gasteiger partial charge in [-0.15, -0.1) is 11.3 Å². The van der Waals surface area contributed by atoms with Crippen LogP contribution in [-0.2, 0) is 11.3 Å². The van der Waals surface area contributed by atoms with E-state index in [0.29, 0.717) is 17.4 Å². The highest BCUT2D eigenvalue weighted by molar-refractivity contribution is 7.14. The number of hydrazone groups is 1. The summed E-state index contributed by atoms with van der Waals surface area (Å²) >= 11 is 1.41. The molecule has 1 aliphatic heterocycles. The van der Waals surface area contributed by atoms with E-state index >= 15 is 0 Å². The molecular weight excluding hydrogens is 352 g/mol. The maximum Gasteiger partial charge on any atom is 0.412 e. The maximum absolute atomic E-state index is 12.1. The van der Waals surface area contributed by atoms with Crippen LogP contribution in [0.2, 0.25) is 0 Å². The van der Waals surface area contributed by atoms with Crippen LogP contribution in [0.25, 0.3) is 0 Å². The van der Waals surface area contributed by atoms with Crippen molar-refractivity contribution in [1.29, 1.82) is 0 Å². The lowest BCUT2D eigenvalue weighted by molar-refractivity contribution is 0.0636. The van der Waals surface area contributed by atoms with Gasteiger partial charge in [-0.05, 0) is 45.0 Å². The summed E-state index contributed by atoms with van der Waals surface area (Å²) in [6.45, 7) is 5.97. The molecule has 2 aromatic rings. The summed E-state index contributed by atoms with van der Waals surface area (Å²) in [5, 5.41) is 11.7. The van der Waals surface area contributed by atoms with Crippen molar-refractivity contribution >= 4 is 34.0 Å². The van der Waals surface area contributed by atoms with Crippen LogP contribution in [0.4, 0.5) is 15.5 Å². The Balaban J connectivity index is 1.82. The first-order valence-corrected chi connectivity index (χ1v) is 9.01. The summed E-state index contributed by atoms with van der Waals surface area (Å²) in [5.74, 6) is 1.18. The number of thiophene rings is 1. The zero-order chi connectivity index (χ0) is 18.9. The Bertz CT molecular complexity index is 837. The number of carbonyl (C=O) groups excluding carboxylic acids is 1. The smallest absolute Gasteiger partial charge is 0.412 e. The first-order valence-electron chi connectivity index (χ1n) is 8.13. The van der Waals surface area contributed by atoms with Crippen molar-refractivity contribution in [1.82, 2.24) is 0 Å². The zero-order valence-corrected chi connectivity index (χ0v) is 16.0. The fourth-order valence-electron chi connectivity index (χ4n) is 2.53. The van der Waals surface area contributed by atoms with Crippen LogP contribution in [0.15, 0.2) is 34.7 Å². The Kier molecular flexibility index (Phi) is 4.78. The first kappa shape index (κ1) is 18.1. The van der Waals surface area contributed by atoms with E-state index in [1.54, 1.807) is 12.1 Å². The van der Waals surface area contributed by atoms with Gasteiger partial charge in [-0.25, -0.2) is 4.79 Å². The quantitative estimate of drug-likeness (QED) is 0.854. The minimum absolute atomic E-state index is 0.413. The highest BCUT2D eigenvalue weighted by Gasteiger charge is 2.25. The molecule has 0 unspecified atom stereocenters. The van der Waals surface area contributed by atoms with Gasteiger partial charge in [-0.3, -0.25) is 10.3 Å². The average Bonchev–Trinajstić information content (AvgIpc) is 2.96. The zero-order valence-electron chi connectivity index (χ0n) is 15.2. The lowest BCUT2D eigenvalue weighted by atomic mass is 10.1. The molecule has 0 saturated heterocycles. The van der Waals surface area contributed by atoms with E-state index in [9.17, 15) is 4.79 Å².